The maximum atomic E-state index is 8.13. The van der Waals surface area contributed by atoms with Crippen LogP contribution in [0.4, 0.5) is 0 Å². The molecule has 1 aliphatic rings. The molecule has 410 valence electrons. The zero-order chi connectivity index (χ0) is 56.5. The van der Waals surface area contributed by atoms with Gasteiger partial charge in [-0.25, -0.2) is 0 Å². The Hall–Kier alpha value is -9.68. The molecule has 84 heavy (non-hydrogen) atoms. The number of rotatable bonds is 18. The summed E-state index contributed by atoms with van der Waals surface area (Å²) in [5, 5.41) is 0. The van der Waals surface area contributed by atoms with E-state index in [0.717, 1.165) is 66.8 Å². The van der Waals surface area contributed by atoms with E-state index in [2.05, 4.69) is 9.72 Å². The zero-order valence-electron chi connectivity index (χ0n) is 45.4. The van der Waals surface area contributed by atoms with Gasteiger partial charge in [-0.15, -0.1) is 0 Å². The van der Waals surface area contributed by atoms with E-state index in [1.165, 1.54) is 0 Å². The van der Waals surface area contributed by atoms with Crippen LogP contribution in [-0.2, 0) is 0 Å². The van der Waals surface area contributed by atoms with Gasteiger partial charge in [0.2, 0.25) is 0 Å². The fourth-order valence-electron chi connectivity index (χ4n) is 10.3. The topological polar surface area (TPSA) is 91.8 Å². The molecule has 0 bridgehead atoms. The van der Waals surface area contributed by atoms with Crippen LogP contribution in [-0.4, -0.2) is 0 Å². The van der Waals surface area contributed by atoms with Crippen molar-refractivity contribution in [2.24, 2.45) is 4.52 Å². The van der Waals surface area contributed by atoms with Crippen LogP contribution < -0.4 is 36.9 Å². The van der Waals surface area contributed by atoms with Crippen LogP contribution in [0.1, 0.15) is 0 Å². The number of para-hydroxylation sites is 6. The Kier molecular flexibility index (Phi) is 14.9. The number of nitrogens with zero attached hydrogens (tertiary/aromatic N) is 1. The molecule has 1 heterocycles. The molecule has 12 aromatic carbocycles. The summed E-state index contributed by atoms with van der Waals surface area (Å²) < 4.78 is 54.4. The van der Waals surface area contributed by atoms with E-state index >= 15 is 0 Å². The van der Waals surface area contributed by atoms with E-state index in [4.69, 9.17) is 31.7 Å². The van der Waals surface area contributed by atoms with Gasteiger partial charge >= 0.3 is 494 Å². The van der Waals surface area contributed by atoms with Gasteiger partial charge < -0.3 is 0 Å². The Labute approximate surface area is 491 Å². The average molecular weight is 1150 g/mol. The SMILES string of the molecule is c1ccc(-c2ccccc2OP2(Oc3ccccc3-c3ccccc3)(Oc3ccccc3-c3ccccc3)N=PNP(Oc3ccccc3-c3ccccc3)(Oc3ccccc3-c3ccccc3)(Oc3ccccc3-c3ccccc3)N2)cc1. The molecule has 12 aromatic rings. The first-order valence-electron chi connectivity index (χ1n) is 27.5. The summed E-state index contributed by atoms with van der Waals surface area (Å²) in [6.45, 7) is 0. The van der Waals surface area contributed by atoms with Crippen molar-refractivity contribution in [2.75, 3.05) is 0 Å². The fraction of sp³-hybridized carbons (Fsp3) is 0. The Morgan fingerprint density at radius 1 is 0.226 bits per heavy atom. The fourth-order valence-corrected chi connectivity index (χ4v) is 20.7. The molecule has 9 nitrogen and oxygen atoms in total. The van der Waals surface area contributed by atoms with E-state index < -0.39 is 15.2 Å². The van der Waals surface area contributed by atoms with Gasteiger partial charge in [-0.2, -0.15) is 0 Å². The Balaban J connectivity index is 1.18. The number of hydrogen-bond donors (Lipinski definition) is 2. The predicted molar refractivity (Wildman–Crippen MR) is 344 cm³/mol. The molecule has 12 heteroatoms. The number of benzene rings is 12. The molecule has 0 aliphatic carbocycles. The van der Waals surface area contributed by atoms with Crippen LogP contribution in [0.5, 0.6) is 34.5 Å². The van der Waals surface area contributed by atoms with Gasteiger partial charge in [0.15, 0.2) is 0 Å². The zero-order valence-corrected chi connectivity index (χ0v) is 48.1. The van der Waals surface area contributed by atoms with Crippen LogP contribution in [0.2, 0.25) is 0 Å². The molecule has 2 N–H and O–H groups in total. The van der Waals surface area contributed by atoms with E-state index in [1.807, 2.05) is 328 Å². The first kappa shape index (κ1) is 53.6. The first-order valence-corrected chi connectivity index (χ1v) is 32.3. The van der Waals surface area contributed by atoms with Gasteiger partial charge in [0.25, 0.3) is 0 Å². The third-order valence-corrected chi connectivity index (χ3v) is 23.3. The third-order valence-electron chi connectivity index (χ3n) is 14.2. The second kappa shape index (κ2) is 23.3. The third kappa shape index (κ3) is 11.1. The molecule has 0 radical (unpaired) electrons. The maximum absolute atomic E-state index is 8.13. The normalized spacial score (nSPS) is 15.5. The first-order chi connectivity index (χ1) is 41.4. The summed E-state index contributed by atoms with van der Waals surface area (Å²) in [6, 6.07) is 108. The van der Waals surface area contributed by atoms with Crippen molar-refractivity contribution in [2.45, 2.75) is 0 Å². The van der Waals surface area contributed by atoms with Crippen molar-refractivity contribution < 1.29 is 27.1 Å². The van der Waals surface area contributed by atoms with E-state index in [0.29, 0.717) is 34.5 Å². The van der Waals surface area contributed by atoms with E-state index in [9.17, 15) is 0 Å². The van der Waals surface area contributed by atoms with Crippen LogP contribution >= 0.6 is 23.7 Å². The number of nitrogens with one attached hydrogen (secondary N) is 2. The molecule has 0 saturated carbocycles. The Morgan fingerprint density at radius 2 is 0.417 bits per heavy atom. The summed E-state index contributed by atoms with van der Waals surface area (Å²) in [6.07, 6.45) is 0. The van der Waals surface area contributed by atoms with Crippen molar-refractivity contribution in [1.29, 1.82) is 0 Å². The van der Waals surface area contributed by atoms with E-state index in [1.54, 1.807) is 0 Å². The van der Waals surface area contributed by atoms with Crippen molar-refractivity contribution in [3.05, 3.63) is 328 Å². The summed E-state index contributed by atoms with van der Waals surface area (Å²) in [7, 11) is -11.8. The second-order valence-electron chi connectivity index (χ2n) is 19.8. The molecule has 0 atom stereocenters. The van der Waals surface area contributed by atoms with E-state index in [-0.39, 0.29) is 8.52 Å². The molecule has 0 saturated heterocycles. The van der Waals surface area contributed by atoms with Crippen molar-refractivity contribution >= 4 is 23.7 Å². The molecular weight excluding hydrogens is 1100 g/mol. The summed E-state index contributed by atoms with van der Waals surface area (Å²) in [5.41, 5.74) is 9.68. The number of hydrogen-bond acceptors (Lipinski definition) is 9. The van der Waals surface area contributed by atoms with Crippen molar-refractivity contribution in [3.63, 3.8) is 0 Å². The molecular formula is C72H56N3O6P3. The minimum absolute atomic E-state index is 0.113. The molecule has 0 aromatic heterocycles. The van der Waals surface area contributed by atoms with Crippen molar-refractivity contribution in [3.8, 4) is 101 Å². The Bertz CT molecular complexity index is 3850. The summed E-state index contributed by atoms with van der Waals surface area (Å²) in [5.74, 6) is 2.30. The molecule has 0 amide bonds. The van der Waals surface area contributed by atoms with Gasteiger partial charge in [-0.05, 0) is 0 Å². The van der Waals surface area contributed by atoms with Gasteiger partial charge in [-0.1, -0.05) is 0 Å². The summed E-state index contributed by atoms with van der Waals surface area (Å²) in [4.78, 5) is 7.77. The molecule has 13 rings (SSSR count). The van der Waals surface area contributed by atoms with Crippen LogP contribution in [0, 0.1) is 0 Å². The minimum atomic E-state index is -5.99. The average Bonchev–Trinajstić information content (AvgIpc) is 0.854. The molecule has 0 fully saturated rings. The molecule has 0 spiro atoms. The van der Waals surface area contributed by atoms with Gasteiger partial charge in [0.1, 0.15) is 0 Å². The van der Waals surface area contributed by atoms with Gasteiger partial charge in [0, 0.05) is 0 Å². The van der Waals surface area contributed by atoms with Crippen molar-refractivity contribution in [1.82, 2.24) is 9.72 Å². The van der Waals surface area contributed by atoms with Crippen LogP contribution in [0.3, 0.4) is 0 Å². The standard InChI is InChI=1S/C72H56N3O6P3/c1-7-31-55(32-8-1)61-43-19-25-49-67(61)76-83(77-68-50-26-20-44-62(68)56-33-9-2-10-34-56,78-69-51-27-21-45-63(69)57-35-11-3-12-36-57)73-82-74-84(75-83,79-70-52-28-22-46-64(70)58-37-13-4-14-38-58,80-71-53-29-23-47-65(71)59-39-15-5-16-40-59)81-72-54-30-24-48-66(72)60-41-17-6-18-42-60/h1-54,75H,(H,73,74). The van der Waals surface area contributed by atoms with Crippen LogP contribution in [0.15, 0.2) is 332 Å². The van der Waals surface area contributed by atoms with Gasteiger partial charge in [-0.3, -0.25) is 0 Å². The van der Waals surface area contributed by atoms with Crippen LogP contribution in [0.25, 0.3) is 66.8 Å². The molecule has 1 aliphatic heterocycles. The Morgan fingerprint density at radius 3 is 0.643 bits per heavy atom. The molecule has 0 unspecified atom stereocenters. The quantitative estimate of drug-likeness (QED) is 0.0821. The predicted octanol–water partition coefficient (Wildman–Crippen LogP) is 21.0. The second-order valence-corrected chi connectivity index (χ2v) is 26.9. The monoisotopic (exact) mass is 1150 g/mol. The summed E-state index contributed by atoms with van der Waals surface area (Å²) >= 11 is 0. The van der Waals surface area contributed by atoms with Gasteiger partial charge in [0.05, 0.1) is 0 Å².